The predicted octanol–water partition coefficient (Wildman–Crippen LogP) is 3.54. The number of carbonyl (C=O) groups excluding carboxylic acids is 3. The summed E-state index contributed by atoms with van der Waals surface area (Å²) in [6, 6.07) is 6.90. The molecular formula is C20H23NO5. The Morgan fingerprint density at radius 2 is 1.65 bits per heavy atom. The maximum absolute atomic E-state index is 12.7. The molecule has 0 amide bonds. The van der Waals surface area contributed by atoms with Gasteiger partial charge in [0.05, 0.1) is 23.4 Å². The molecule has 0 saturated heterocycles. The molecular weight excluding hydrogens is 334 g/mol. The van der Waals surface area contributed by atoms with Crippen molar-refractivity contribution in [3.63, 3.8) is 0 Å². The van der Waals surface area contributed by atoms with Crippen LogP contribution in [0.2, 0.25) is 0 Å². The molecule has 1 heterocycles. The molecule has 0 aliphatic heterocycles. The number of rotatable bonds is 6. The number of Topliss-reactive ketones (excluding diaryl/α,β-unsaturated/α-hetero) is 1. The first kappa shape index (κ1) is 19.4. The summed E-state index contributed by atoms with van der Waals surface area (Å²) >= 11 is 0. The van der Waals surface area contributed by atoms with Crippen molar-refractivity contribution in [2.45, 2.75) is 40.7 Å². The zero-order valence-corrected chi connectivity index (χ0v) is 15.6. The van der Waals surface area contributed by atoms with Crippen LogP contribution in [0.3, 0.4) is 0 Å². The van der Waals surface area contributed by atoms with Gasteiger partial charge in [-0.15, -0.1) is 0 Å². The lowest BCUT2D eigenvalue weighted by atomic mass is 10.1. The third kappa shape index (κ3) is 4.02. The van der Waals surface area contributed by atoms with Gasteiger partial charge in [0.15, 0.2) is 6.10 Å². The number of H-pyrrole nitrogens is 1. The molecule has 6 heteroatoms. The largest absolute Gasteiger partial charge is 0.462 e. The number of aryl methyl sites for hydroxylation is 2. The van der Waals surface area contributed by atoms with Crippen molar-refractivity contribution in [3.8, 4) is 0 Å². The molecule has 26 heavy (non-hydrogen) atoms. The SMILES string of the molecule is CCOC(=O)c1c(C)[nH]c(C(=O)[C@H](C)OC(=O)c2ccc(C)cc2)c1C. The van der Waals surface area contributed by atoms with Crippen LogP contribution in [0.5, 0.6) is 0 Å². The minimum atomic E-state index is -0.990. The smallest absolute Gasteiger partial charge is 0.340 e. The molecule has 0 aliphatic carbocycles. The maximum Gasteiger partial charge on any atom is 0.340 e. The van der Waals surface area contributed by atoms with E-state index in [1.54, 1.807) is 45.0 Å². The summed E-state index contributed by atoms with van der Waals surface area (Å²) in [6.45, 7) is 8.74. The van der Waals surface area contributed by atoms with Crippen LogP contribution in [0.25, 0.3) is 0 Å². The number of nitrogens with one attached hydrogen (secondary N) is 1. The van der Waals surface area contributed by atoms with Gasteiger partial charge in [-0.25, -0.2) is 9.59 Å². The number of aromatic amines is 1. The second kappa shape index (κ2) is 7.99. The fourth-order valence-corrected chi connectivity index (χ4v) is 2.68. The van der Waals surface area contributed by atoms with Crippen molar-refractivity contribution in [3.05, 3.63) is 57.9 Å². The Hall–Kier alpha value is -2.89. The summed E-state index contributed by atoms with van der Waals surface area (Å²) in [5.41, 5.74) is 3.02. The normalized spacial score (nSPS) is 11.7. The second-order valence-electron chi connectivity index (χ2n) is 6.12. The molecule has 0 spiro atoms. The monoisotopic (exact) mass is 357 g/mol. The van der Waals surface area contributed by atoms with E-state index in [2.05, 4.69) is 4.98 Å². The van der Waals surface area contributed by atoms with Gasteiger partial charge in [-0.2, -0.15) is 0 Å². The Balaban J connectivity index is 2.18. The molecule has 0 fully saturated rings. The first-order chi connectivity index (χ1) is 12.3. The van der Waals surface area contributed by atoms with Crippen LogP contribution in [0.1, 0.15) is 61.9 Å². The zero-order valence-electron chi connectivity index (χ0n) is 15.6. The average molecular weight is 357 g/mol. The lowest BCUT2D eigenvalue weighted by Gasteiger charge is -2.12. The van der Waals surface area contributed by atoms with E-state index in [1.807, 2.05) is 6.92 Å². The van der Waals surface area contributed by atoms with Gasteiger partial charge in [0.1, 0.15) is 0 Å². The molecule has 2 rings (SSSR count). The quantitative estimate of drug-likeness (QED) is 0.631. The molecule has 1 aromatic carbocycles. The van der Waals surface area contributed by atoms with Gasteiger partial charge in [-0.05, 0) is 52.3 Å². The van der Waals surface area contributed by atoms with E-state index in [4.69, 9.17) is 9.47 Å². The van der Waals surface area contributed by atoms with Crippen molar-refractivity contribution in [1.82, 2.24) is 4.98 Å². The number of carbonyl (C=O) groups is 3. The van der Waals surface area contributed by atoms with Crippen molar-refractivity contribution >= 4 is 17.7 Å². The highest BCUT2D eigenvalue weighted by atomic mass is 16.5. The van der Waals surface area contributed by atoms with E-state index < -0.39 is 23.8 Å². The van der Waals surface area contributed by atoms with Crippen LogP contribution >= 0.6 is 0 Å². The number of aromatic nitrogens is 1. The summed E-state index contributed by atoms with van der Waals surface area (Å²) in [5.74, 6) is -1.46. The van der Waals surface area contributed by atoms with E-state index in [0.29, 0.717) is 22.4 Å². The summed E-state index contributed by atoms with van der Waals surface area (Å²) in [7, 11) is 0. The Bertz CT molecular complexity index is 833. The van der Waals surface area contributed by atoms with Crippen molar-refractivity contribution in [2.75, 3.05) is 6.61 Å². The van der Waals surface area contributed by atoms with E-state index >= 15 is 0 Å². The van der Waals surface area contributed by atoms with Gasteiger partial charge in [0, 0.05) is 5.69 Å². The highest BCUT2D eigenvalue weighted by molar-refractivity contribution is 6.04. The third-order valence-electron chi connectivity index (χ3n) is 4.10. The highest BCUT2D eigenvalue weighted by Gasteiger charge is 2.27. The first-order valence-corrected chi connectivity index (χ1v) is 8.44. The molecule has 0 radical (unpaired) electrons. The minimum Gasteiger partial charge on any atom is -0.462 e. The molecule has 1 atom stereocenters. The van der Waals surface area contributed by atoms with Crippen molar-refractivity contribution < 1.29 is 23.9 Å². The van der Waals surface area contributed by atoms with E-state index in [-0.39, 0.29) is 12.3 Å². The number of ether oxygens (including phenoxy) is 2. The van der Waals surface area contributed by atoms with Crippen LogP contribution < -0.4 is 0 Å². The topological polar surface area (TPSA) is 85.5 Å². The summed E-state index contributed by atoms with van der Waals surface area (Å²) in [4.78, 5) is 39.8. The molecule has 1 aromatic heterocycles. The number of ketones is 1. The number of esters is 2. The van der Waals surface area contributed by atoms with Gasteiger partial charge in [-0.3, -0.25) is 4.79 Å². The summed E-state index contributed by atoms with van der Waals surface area (Å²) in [5, 5.41) is 0. The predicted molar refractivity (Wildman–Crippen MR) is 96.6 cm³/mol. The number of hydrogen-bond donors (Lipinski definition) is 1. The molecule has 0 unspecified atom stereocenters. The van der Waals surface area contributed by atoms with Crippen LogP contribution in [0.15, 0.2) is 24.3 Å². The standard InChI is InChI=1S/C20H23NO5/c1-6-25-20(24)16-12(3)17(21-13(16)4)18(22)14(5)26-19(23)15-9-7-11(2)8-10-15/h7-10,14,21H,6H2,1-5H3/t14-/m0/s1. The number of hydrogen-bond acceptors (Lipinski definition) is 5. The lowest BCUT2D eigenvalue weighted by Crippen LogP contribution is -2.25. The average Bonchev–Trinajstić information content (AvgIpc) is 2.89. The maximum atomic E-state index is 12.7. The Labute approximate surface area is 152 Å². The van der Waals surface area contributed by atoms with Crippen molar-refractivity contribution in [1.29, 1.82) is 0 Å². The van der Waals surface area contributed by atoms with E-state index in [1.165, 1.54) is 6.92 Å². The lowest BCUT2D eigenvalue weighted by molar-refractivity contribution is 0.0316. The molecule has 0 aliphatic rings. The van der Waals surface area contributed by atoms with Gasteiger partial charge >= 0.3 is 11.9 Å². The molecule has 0 bridgehead atoms. The second-order valence-corrected chi connectivity index (χ2v) is 6.12. The van der Waals surface area contributed by atoms with Crippen LogP contribution in [0, 0.1) is 20.8 Å². The van der Waals surface area contributed by atoms with Crippen LogP contribution in [-0.2, 0) is 9.47 Å². The molecule has 0 saturated carbocycles. The third-order valence-corrected chi connectivity index (χ3v) is 4.10. The van der Waals surface area contributed by atoms with Gasteiger partial charge in [0.2, 0.25) is 5.78 Å². The summed E-state index contributed by atoms with van der Waals surface area (Å²) < 4.78 is 10.3. The van der Waals surface area contributed by atoms with Crippen LogP contribution in [-0.4, -0.2) is 35.4 Å². The Kier molecular flexibility index (Phi) is 5.97. The van der Waals surface area contributed by atoms with Crippen molar-refractivity contribution in [2.24, 2.45) is 0 Å². The Morgan fingerprint density at radius 1 is 1.04 bits per heavy atom. The molecule has 6 nitrogen and oxygen atoms in total. The summed E-state index contributed by atoms with van der Waals surface area (Å²) in [6.07, 6.45) is -0.990. The minimum absolute atomic E-state index is 0.245. The zero-order chi connectivity index (χ0) is 19.4. The first-order valence-electron chi connectivity index (χ1n) is 8.44. The van der Waals surface area contributed by atoms with Gasteiger partial charge < -0.3 is 14.5 Å². The fourth-order valence-electron chi connectivity index (χ4n) is 2.68. The van der Waals surface area contributed by atoms with E-state index in [0.717, 1.165) is 5.56 Å². The fraction of sp³-hybridized carbons (Fsp3) is 0.350. The van der Waals surface area contributed by atoms with Gasteiger partial charge in [0.25, 0.3) is 0 Å². The van der Waals surface area contributed by atoms with Crippen LogP contribution in [0.4, 0.5) is 0 Å². The highest BCUT2D eigenvalue weighted by Crippen LogP contribution is 2.21. The Morgan fingerprint density at radius 3 is 2.23 bits per heavy atom. The van der Waals surface area contributed by atoms with Gasteiger partial charge in [-0.1, -0.05) is 17.7 Å². The number of benzene rings is 1. The molecule has 2 aromatic rings. The molecule has 1 N–H and O–H groups in total. The van der Waals surface area contributed by atoms with E-state index in [9.17, 15) is 14.4 Å². The molecule has 138 valence electrons.